The second kappa shape index (κ2) is 3.97. The maximum Gasteiger partial charge on any atom is 0.115 e. The first-order valence-electron chi connectivity index (χ1n) is 7.01. The molecule has 0 radical (unpaired) electrons. The second-order valence-electron chi connectivity index (χ2n) is 5.85. The Morgan fingerprint density at radius 1 is 1.11 bits per heavy atom. The van der Waals surface area contributed by atoms with E-state index in [0.717, 1.165) is 19.5 Å². The summed E-state index contributed by atoms with van der Waals surface area (Å²) in [5.41, 5.74) is 2.76. The van der Waals surface area contributed by atoms with Gasteiger partial charge < -0.3 is 9.84 Å². The van der Waals surface area contributed by atoms with Gasteiger partial charge in [0.15, 0.2) is 0 Å². The van der Waals surface area contributed by atoms with Crippen LogP contribution in [0.4, 0.5) is 0 Å². The van der Waals surface area contributed by atoms with Gasteiger partial charge in [0, 0.05) is 19.1 Å². The molecule has 0 spiro atoms. The molecule has 96 valence electrons. The summed E-state index contributed by atoms with van der Waals surface area (Å²) in [5.74, 6) is 0.399. The average Bonchev–Trinajstić information content (AvgIpc) is 2.92. The molecule has 2 heterocycles. The van der Waals surface area contributed by atoms with E-state index in [1.165, 1.54) is 30.4 Å². The molecule has 3 aliphatic rings. The number of nitrogens with zero attached hydrogens (tertiary/aromatic N) is 1. The number of rotatable bonds is 1. The molecule has 2 fully saturated rings. The molecule has 18 heavy (non-hydrogen) atoms. The molecular weight excluding hydrogens is 226 g/mol. The molecule has 3 atom stereocenters. The van der Waals surface area contributed by atoms with E-state index in [2.05, 4.69) is 11.0 Å². The highest BCUT2D eigenvalue weighted by Gasteiger charge is 2.38. The lowest BCUT2D eigenvalue weighted by molar-refractivity contribution is -0.0530. The number of benzene rings is 1. The minimum absolute atomic E-state index is 0.399. The van der Waals surface area contributed by atoms with E-state index in [0.29, 0.717) is 24.0 Å². The van der Waals surface area contributed by atoms with E-state index in [4.69, 9.17) is 4.74 Å². The first-order valence-corrected chi connectivity index (χ1v) is 7.01. The van der Waals surface area contributed by atoms with E-state index in [9.17, 15) is 5.11 Å². The molecule has 0 amide bonds. The third-order valence-corrected chi connectivity index (χ3v) is 4.69. The van der Waals surface area contributed by atoms with Crippen LogP contribution in [0.5, 0.6) is 5.75 Å². The summed E-state index contributed by atoms with van der Waals surface area (Å²) in [6, 6.07) is 6.42. The van der Waals surface area contributed by atoms with E-state index in [-0.39, 0.29) is 0 Å². The third kappa shape index (κ3) is 1.65. The molecule has 0 saturated carbocycles. The van der Waals surface area contributed by atoms with Gasteiger partial charge in [-0.25, -0.2) is 0 Å². The number of morpholine rings is 1. The van der Waals surface area contributed by atoms with Gasteiger partial charge in [0.2, 0.25) is 0 Å². The minimum atomic E-state index is 0.399. The summed E-state index contributed by atoms with van der Waals surface area (Å²) in [7, 11) is 0. The number of hydrogen-bond donors (Lipinski definition) is 1. The summed E-state index contributed by atoms with van der Waals surface area (Å²) >= 11 is 0. The lowest BCUT2D eigenvalue weighted by atomic mass is 10.1. The van der Waals surface area contributed by atoms with Crippen LogP contribution in [0.1, 0.15) is 36.4 Å². The SMILES string of the molecule is Oc1ccc2c(c1)CCC2N1CC2CCC(C1)O2. The van der Waals surface area contributed by atoms with Crippen LogP contribution >= 0.6 is 0 Å². The highest BCUT2D eigenvalue weighted by atomic mass is 16.5. The predicted octanol–water partition coefficient (Wildman–Crippen LogP) is 2.24. The summed E-state index contributed by atoms with van der Waals surface area (Å²) in [4.78, 5) is 2.61. The van der Waals surface area contributed by atoms with Crippen LogP contribution < -0.4 is 0 Å². The van der Waals surface area contributed by atoms with Crippen molar-refractivity contribution in [3.8, 4) is 5.75 Å². The fourth-order valence-electron chi connectivity index (χ4n) is 3.86. The number of aryl methyl sites for hydroxylation is 1. The van der Waals surface area contributed by atoms with E-state index in [1.54, 1.807) is 0 Å². The summed E-state index contributed by atoms with van der Waals surface area (Å²) < 4.78 is 5.91. The molecule has 2 bridgehead atoms. The number of phenolic OH excluding ortho intramolecular Hbond substituents is 1. The van der Waals surface area contributed by atoms with Gasteiger partial charge in [-0.2, -0.15) is 0 Å². The van der Waals surface area contributed by atoms with Crippen molar-refractivity contribution < 1.29 is 9.84 Å². The molecule has 2 aliphatic heterocycles. The van der Waals surface area contributed by atoms with Crippen LogP contribution in [0.15, 0.2) is 18.2 Å². The average molecular weight is 245 g/mol. The van der Waals surface area contributed by atoms with Crippen molar-refractivity contribution >= 4 is 0 Å². The van der Waals surface area contributed by atoms with Crippen molar-refractivity contribution in [1.82, 2.24) is 4.90 Å². The molecule has 2 saturated heterocycles. The molecule has 1 aromatic rings. The minimum Gasteiger partial charge on any atom is -0.508 e. The summed E-state index contributed by atoms with van der Waals surface area (Å²) in [5, 5.41) is 9.55. The van der Waals surface area contributed by atoms with Crippen LogP contribution in [0.2, 0.25) is 0 Å². The highest BCUT2D eigenvalue weighted by molar-refractivity contribution is 5.40. The standard InChI is InChI=1S/C15H19NO2/c17-11-2-5-14-10(7-11)1-6-15(14)16-8-12-3-4-13(9-16)18-12/h2,5,7,12-13,15,17H,1,3-4,6,8-9H2. The van der Waals surface area contributed by atoms with Gasteiger partial charge in [0.1, 0.15) is 5.75 Å². The zero-order valence-corrected chi connectivity index (χ0v) is 10.5. The Hall–Kier alpha value is -1.06. The van der Waals surface area contributed by atoms with Crippen molar-refractivity contribution in [2.75, 3.05) is 13.1 Å². The Labute approximate surface area is 107 Å². The predicted molar refractivity (Wildman–Crippen MR) is 68.6 cm³/mol. The van der Waals surface area contributed by atoms with Crippen LogP contribution in [-0.4, -0.2) is 35.3 Å². The molecule has 3 heteroatoms. The van der Waals surface area contributed by atoms with Gasteiger partial charge in [-0.05, 0) is 48.9 Å². The zero-order chi connectivity index (χ0) is 12.1. The monoisotopic (exact) mass is 245 g/mol. The van der Waals surface area contributed by atoms with Crippen molar-refractivity contribution in [3.05, 3.63) is 29.3 Å². The molecule has 0 aromatic heterocycles. The molecule has 1 aliphatic carbocycles. The Morgan fingerprint density at radius 2 is 1.89 bits per heavy atom. The molecule has 4 rings (SSSR count). The molecule has 1 N–H and O–H groups in total. The first-order chi connectivity index (χ1) is 8.79. The fourth-order valence-corrected chi connectivity index (χ4v) is 3.86. The second-order valence-corrected chi connectivity index (χ2v) is 5.85. The lowest BCUT2D eigenvalue weighted by Gasteiger charge is -2.36. The molecule has 3 nitrogen and oxygen atoms in total. The van der Waals surface area contributed by atoms with Crippen molar-refractivity contribution in [3.63, 3.8) is 0 Å². The van der Waals surface area contributed by atoms with Gasteiger partial charge >= 0.3 is 0 Å². The number of likely N-dealkylation sites (tertiary alicyclic amines) is 1. The van der Waals surface area contributed by atoms with Crippen LogP contribution in [0, 0.1) is 0 Å². The van der Waals surface area contributed by atoms with E-state index < -0.39 is 0 Å². The number of phenols is 1. The van der Waals surface area contributed by atoms with E-state index in [1.807, 2.05) is 12.1 Å². The quantitative estimate of drug-likeness (QED) is 0.823. The Morgan fingerprint density at radius 3 is 2.67 bits per heavy atom. The first kappa shape index (κ1) is 10.8. The van der Waals surface area contributed by atoms with Gasteiger partial charge in [-0.3, -0.25) is 4.90 Å². The molecule has 1 aromatic carbocycles. The number of hydrogen-bond acceptors (Lipinski definition) is 3. The van der Waals surface area contributed by atoms with Gasteiger partial charge in [-0.15, -0.1) is 0 Å². The van der Waals surface area contributed by atoms with Crippen molar-refractivity contribution in [2.24, 2.45) is 0 Å². The third-order valence-electron chi connectivity index (χ3n) is 4.69. The van der Waals surface area contributed by atoms with Crippen molar-refractivity contribution in [1.29, 1.82) is 0 Å². The largest absolute Gasteiger partial charge is 0.508 e. The zero-order valence-electron chi connectivity index (χ0n) is 10.5. The van der Waals surface area contributed by atoms with Gasteiger partial charge in [-0.1, -0.05) is 6.07 Å². The normalized spacial score (nSPS) is 34.8. The van der Waals surface area contributed by atoms with Crippen LogP contribution in [0.3, 0.4) is 0 Å². The Bertz CT molecular complexity index is 462. The van der Waals surface area contributed by atoms with Gasteiger partial charge in [0.25, 0.3) is 0 Å². The topological polar surface area (TPSA) is 32.7 Å². The van der Waals surface area contributed by atoms with Gasteiger partial charge in [0.05, 0.1) is 12.2 Å². The lowest BCUT2D eigenvalue weighted by Crippen LogP contribution is -2.43. The Balaban J connectivity index is 1.60. The van der Waals surface area contributed by atoms with Crippen LogP contribution in [0.25, 0.3) is 0 Å². The van der Waals surface area contributed by atoms with Crippen molar-refractivity contribution in [2.45, 2.75) is 43.9 Å². The number of ether oxygens (including phenoxy) is 1. The molecular formula is C15H19NO2. The Kier molecular flexibility index (Phi) is 2.39. The summed E-state index contributed by atoms with van der Waals surface area (Å²) in [6.07, 6.45) is 5.68. The maximum atomic E-state index is 9.55. The number of aromatic hydroxyl groups is 1. The summed E-state index contributed by atoms with van der Waals surface area (Å²) in [6.45, 7) is 2.17. The number of fused-ring (bicyclic) bond motifs is 3. The maximum absolute atomic E-state index is 9.55. The van der Waals surface area contributed by atoms with E-state index >= 15 is 0 Å². The molecule has 3 unspecified atom stereocenters. The van der Waals surface area contributed by atoms with Crippen LogP contribution in [-0.2, 0) is 11.2 Å². The fraction of sp³-hybridized carbons (Fsp3) is 0.600. The smallest absolute Gasteiger partial charge is 0.115 e. The highest BCUT2D eigenvalue weighted by Crippen LogP contribution is 2.40.